The van der Waals surface area contributed by atoms with Gasteiger partial charge in [-0.05, 0) is 136 Å². The van der Waals surface area contributed by atoms with Gasteiger partial charge in [0.1, 0.15) is 0 Å². The predicted molar refractivity (Wildman–Crippen MR) is 193 cm³/mol. The van der Waals surface area contributed by atoms with E-state index in [1.165, 1.54) is 31.9 Å². The zero-order valence-electron chi connectivity index (χ0n) is 30.1. The van der Waals surface area contributed by atoms with Crippen molar-refractivity contribution < 1.29 is 22.8 Å². The average molecular weight is 689 g/mol. The summed E-state index contributed by atoms with van der Waals surface area (Å²) in [6.45, 7) is 10.3. The van der Waals surface area contributed by atoms with Crippen LogP contribution in [0.2, 0.25) is 0 Å². The molecule has 49 heavy (non-hydrogen) atoms. The minimum absolute atomic E-state index is 0.0559. The number of hydrogen-bond acceptors (Lipinski definition) is 6. The zero-order chi connectivity index (χ0) is 34.3. The van der Waals surface area contributed by atoms with Crippen LogP contribution in [0.15, 0.2) is 47.6 Å². The molecule has 7 aliphatic rings. The summed E-state index contributed by atoms with van der Waals surface area (Å²) >= 11 is 0. The fourth-order valence-corrected chi connectivity index (χ4v) is 13.0. The maximum absolute atomic E-state index is 13.7. The van der Waals surface area contributed by atoms with E-state index in [-0.39, 0.29) is 41.1 Å². The number of hydroxylamine groups is 2. The van der Waals surface area contributed by atoms with Crippen molar-refractivity contribution in [1.29, 1.82) is 0 Å². The molecule has 5 fully saturated rings. The number of nitrogens with one attached hydrogen (secondary N) is 1. The average Bonchev–Trinajstić information content (AvgIpc) is 3.37. The van der Waals surface area contributed by atoms with Crippen LogP contribution in [0.3, 0.4) is 0 Å². The molecule has 0 bridgehead atoms. The van der Waals surface area contributed by atoms with E-state index in [1.807, 2.05) is 29.3 Å². The normalized spacial score (nSPS) is 41.7. The minimum Gasteiger partial charge on any atom is -0.369 e. The van der Waals surface area contributed by atoms with Crippen LogP contribution >= 0.6 is 0 Å². The van der Waals surface area contributed by atoms with Crippen molar-refractivity contribution in [3.8, 4) is 0 Å². The summed E-state index contributed by atoms with van der Waals surface area (Å²) in [4.78, 5) is 20.0. The Morgan fingerprint density at radius 1 is 1.08 bits per heavy atom. The van der Waals surface area contributed by atoms with E-state index in [0.29, 0.717) is 35.2 Å². The molecule has 3 saturated carbocycles. The Labute approximate surface area is 294 Å². The lowest BCUT2D eigenvalue weighted by Gasteiger charge is -2.54. The summed E-state index contributed by atoms with van der Waals surface area (Å²) < 4.78 is 34.2. The molecule has 0 amide bonds. The number of sulfonamides is 1. The summed E-state index contributed by atoms with van der Waals surface area (Å²) in [5.41, 5.74) is 6.21. The highest BCUT2D eigenvalue weighted by molar-refractivity contribution is 7.88. The van der Waals surface area contributed by atoms with Crippen LogP contribution in [0.5, 0.6) is 0 Å². The Balaban J connectivity index is 0.995. The molecule has 266 valence electrons. The molecule has 0 unspecified atom stereocenters. The number of fused-ring (bicyclic) bond motifs is 7. The van der Waals surface area contributed by atoms with Crippen molar-refractivity contribution in [2.24, 2.45) is 40.9 Å². The van der Waals surface area contributed by atoms with Gasteiger partial charge in [-0.15, -0.1) is 5.06 Å². The number of benzene rings is 1. The molecule has 1 aromatic carbocycles. The second-order valence-corrected chi connectivity index (χ2v) is 19.2. The molecule has 2 aliphatic heterocycles. The van der Waals surface area contributed by atoms with Gasteiger partial charge in [0.25, 0.3) is 0 Å². The number of hydrogen-bond donors (Lipinski definition) is 1. The standard InChI is InChI=1S/C41H56N2O5S/c1-25-19-37-38(43(24-25)48-39(44)30-12-11-28-9-7-6-8-10-29(28)20-30)27(3)41(47-37)18-16-33-34-14-13-31-21-32(42-49(5,45)46)15-17-40(31,4)36(34)22-35(33)26(2)23-41/h6-9,11-12,20,25,27,31-34,36-38,42H,10,13-19,21-24H2,1-5H3/t25-,27+,31+,32+,33-,34-,36-,37+,38-,40-,41-/m0/s1. The third kappa shape index (κ3) is 6.00. The Bertz CT molecular complexity index is 1700. The molecule has 1 spiro atoms. The first-order chi connectivity index (χ1) is 23.3. The van der Waals surface area contributed by atoms with E-state index in [2.05, 4.69) is 50.6 Å². The Morgan fingerprint density at radius 2 is 1.92 bits per heavy atom. The number of piperidine rings is 1. The highest BCUT2D eigenvalue weighted by Crippen LogP contribution is 2.65. The van der Waals surface area contributed by atoms with E-state index in [1.54, 1.807) is 11.1 Å². The second-order valence-electron chi connectivity index (χ2n) is 17.5. The number of nitrogens with zero attached hydrogens (tertiary/aromatic N) is 1. The lowest BCUT2D eigenvalue weighted by molar-refractivity contribution is -0.182. The lowest BCUT2D eigenvalue weighted by atomic mass is 9.52. The summed E-state index contributed by atoms with van der Waals surface area (Å²) in [5.74, 6) is 2.97. The first-order valence-corrected chi connectivity index (χ1v) is 21.0. The maximum atomic E-state index is 13.7. The summed E-state index contributed by atoms with van der Waals surface area (Å²) in [6, 6.07) is 6.07. The molecule has 0 radical (unpaired) electrons. The topological polar surface area (TPSA) is 84.9 Å². The van der Waals surface area contributed by atoms with Gasteiger partial charge in [-0.25, -0.2) is 17.9 Å². The van der Waals surface area contributed by atoms with E-state index >= 15 is 0 Å². The van der Waals surface area contributed by atoms with Gasteiger partial charge in [0.2, 0.25) is 10.0 Å². The van der Waals surface area contributed by atoms with Crippen molar-refractivity contribution in [3.63, 3.8) is 0 Å². The molecule has 2 heterocycles. The zero-order valence-corrected chi connectivity index (χ0v) is 30.9. The van der Waals surface area contributed by atoms with E-state index in [0.717, 1.165) is 62.6 Å². The third-order valence-corrected chi connectivity index (χ3v) is 15.3. The van der Waals surface area contributed by atoms with E-state index in [4.69, 9.17) is 9.57 Å². The van der Waals surface area contributed by atoms with Gasteiger partial charge in [-0.3, -0.25) is 0 Å². The Kier molecular flexibility index (Phi) is 8.61. The van der Waals surface area contributed by atoms with Gasteiger partial charge in [0, 0.05) is 18.5 Å². The molecule has 1 aromatic rings. The van der Waals surface area contributed by atoms with E-state index < -0.39 is 10.0 Å². The molecule has 1 N–H and O–H groups in total. The lowest BCUT2D eigenvalue weighted by Crippen LogP contribution is -2.52. The number of carbonyl (C=O) groups excluding carboxylic acids is 1. The summed E-state index contributed by atoms with van der Waals surface area (Å²) in [6.07, 6.45) is 21.4. The minimum atomic E-state index is -3.18. The first-order valence-electron chi connectivity index (χ1n) is 19.1. The highest BCUT2D eigenvalue weighted by Gasteiger charge is 2.61. The van der Waals surface area contributed by atoms with Crippen LogP contribution in [-0.2, 0) is 26.0 Å². The molecular weight excluding hydrogens is 633 g/mol. The number of ether oxygens (including phenoxy) is 1. The molecule has 8 rings (SSSR count). The van der Waals surface area contributed by atoms with Gasteiger partial charge in [-0.1, -0.05) is 62.3 Å². The summed E-state index contributed by atoms with van der Waals surface area (Å²) in [7, 11) is -3.18. The third-order valence-electron chi connectivity index (χ3n) is 14.5. The van der Waals surface area contributed by atoms with Crippen LogP contribution < -0.4 is 4.72 Å². The van der Waals surface area contributed by atoms with Crippen molar-refractivity contribution >= 4 is 22.1 Å². The van der Waals surface area contributed by atoms with Crippen LogP contribution in [0, 0.1) is 40.9 Å². The fraction of sp³-hybridized carbons (Fsp3) is 0.683. The highest BCUT2D eigenvalue weighted by atomic mass is 32.2. The van der Waals surface area contributed by atoms with Gasteiger partial charge >= 0.3 is 5.97 Å². The SMILES string of the molecule is CC1=C2C[C@H]3[C@@H](CC[C@@H]4C[C@H](NS(C)(=O)=O)CC[C@@]43C)[C@@H]2CC[C@@]2(C1)O[C@@H]1C[C@H](C)CN(OC(=O)c3ccc4c(c3)CC=CC=C4)[C@H]1[C@H]2C. The molecule has 5 aliphatic carbocycles. The van der Waals surface area contributed by atoms with E-state index in [9.17, 15) is 13.2 Å². The number of carbonyl (C=O) groups is 1. The second kappa shape index (κ2) is 12.5. The van der Waals surface area contributed by atoms with Gasteiger partial charge < -0.3 is 9.57 Å². The number of rotatable bonds is 4. The van der Waals surface area contributed by atoms with Crippen LogP contribution in [0.4, 0.5) is 0 Å². The van der Waals surface area contributed by atoms with Crippen LogP contribution in [-0.4, -0.2) is 56.0 Å². The van der Waals surface area contributed by atoms with Gasteiger partial charge in [0.15, 0.2) is 0 Å². The predicted octanol–water partition coefficient (Wildman–Crippen LogP) is 7.64. The fourth-order valence-electron chi connectivity index (χ4n) is 12.2. The van der Waals surface area contributed by atoms with Crippen LogP contribution in [0.25, 0.3) is 6.08 Å². The quantitative estimate of drug-likeness (QED) is 0.328. The van der Waals surface area contributed by atoms with Crippen molar-refractivity contribution in [2.45, 2.75) is 122 Å². The van der Waals surface area contributed by atoms with Crippen molar-refractivity contribution in [1.82, 2.24) is 9.79 Å². The van der Waals surface area contributed by atoms with Gasteiger partial charge in [-0.2, -0.15) is 0 Å². The molecule has 8 heteroatoms. The molecule has 2 saturated heterocycles. The number of allylic oxidation sites excluding steroid dienone is 4. The maximum Gasteiger partial charge on any atom is 0.357 e. The first kappa shape index (κ1) is 33.9. The Morgan fingerprint density at radius 3 is 2.73 bits per heavy atom. The summed E-state index contributed by atoms with van der Waals surface area (Å²) in [5, 5.41) is 2.01. The van der Waals surface area contributed by atoms with Gasteiger partial charge in [0.05, 0.1) is 29.6 Å². The monoisotopic (exact) mass is 688 g/mol. The smallest absolute Gasteiger partial charge is 0.357 e. The van der Waals surface area contributed by atoms with Crippen molar-refractivity contribution in [3.05, 3.63) is 64.3 Å². The molecule has 0 aromatic heterocycles. The molecular formula is C41H56N2O5S. The molecule has 7 nitrogen and oxygen atoms in total. The van der Waals surface area contributed by atoms with Crippen molar-refractivity contribution in [2.75, 3.05) is 12.8 Å². The Hall–Kier alpha value is -2.26. The molecule has 11 atom stereocenters. The largest absolute Gasteiger partial charge is 0.369 e. The van der Waals surface area contributed by atoms with Crippen LogP contribution in [0.1, 0.15) is 113 Å².